The smallest absolute Gasteiger partial charge is 0.338 e. The molecule has 0 aromatic heterocycles. The third-order valence-corrected chi connectivity index (χ3v) is 5.77. The first-order valence-corrected chi connectivity index (χ1v) is 11.2. The van der Waals surface area contributed by atoms with Crippen molar-refractivity contribution in [3.05, 3.63) is 108 Å². The number of esters is 3. The molecule has 5 rings (SSSR count). The molecule has 0 aliphatic carbocycles. The number of carbonyl (C=O) groups excluding carboxylic acids is 3. The highest BCUT2D eigenvalue weighted by atomic mass is 16.8. The summed E-state index contributed by atoms with van der Waals surface area (Å²) in [5, 5.41) is 0. The van der Waals surface area contributed by atoms with Crippen molar-refractivity contribution in [2.75, 3.05) is 6.61 Å². The number of hydrogen-bond acceptors (Lipinski definition) is 8. The van der Waals surface area contributed by atoms with Crippen molar-refractivity contribution < 1.29 is 38.1 Å². The number of benzene rings is 3. The van der Waals surface area contributed by atoms with E-state index < -0.39 is 48.6 Å². The normalized spacial score (nSPS) is 24.9. The van der Waals surface area contributed by atoms with E-state index in [-0.39, 0.29) is 6.61 Å². The predicted octanol–water partition coefficient (Wildman–Crippen LogP) is 3.42. The number of carbonyl (C=O) groups is 3. The molecule has 0 radical (unpaired) electrons. The molecule has 2 aliphatic heterocycles. The molecule has 3 aromatic rings. The number of rotatable bonds is 6. The lowest BCUT2D eigenvalue weighted by Crippen LogP contribution is -2.58. The van der Waals surface area contributed by atoms with Crippen LogP contribution in [0.4, 0.5) is 0 Å². The molecule has 0 unspecified atom stereocenters. The summed E-state index contributed by atoms with van der Waals surface area (Å²) in [6.07, 6.45) is -5.07. The fourth-order valence-corrected chi connectivity index (χ4v) is 4.04. The summed E-state index contributed by atoms with van der Waals surface area (Å²) in [4.78, 5) is 38.7. The Kier molecular flexibility index (Phi) is 6.56. The van der Waals surface area contributed by atoms with Gasteiger partial charge in [0.15, 0.2) is 24.6 Å². The number of fused-ring (bicyclic) bond motifs is 2. The van der Waals surface area contributed by atoms with Gasteiger partial charge in [-0.3, -0.25) is 0 Å². The molecule has 8 nitrogen and oxygen atoms in total. The molecule has 2 aliphatic rings. The van der Waals surface area contributed by atoms with E-state index in [4.69, 9.17) is 23.7 Å². The van der Waals surface area contributed by atoms with Crippen molar-refractivity contribution in [1.82, 2.24) is 0 Å². The summed E-state index contributed by atoms with van der Waals surface area (Å²) in [6, 6.07) is 25.2. The highest BCUT2D eigenvalue weighted by Gasteiger charge is 2.56. The fourth-order valence-electron chi connectivity index (χ4n) is 4.04. The van der Waals surface area contributed by atoms with Crippen molar-refractivity contribution in [1.29, 1.82) is 0 Å². The molecule has 5 atom stereocenters. The highest BCUT2D eigenvalue weighted by molar-refractivity contribution is 5.91. The molecule has 8 heteroatoms. The van der Waals surface area contributed by atoms with E-state index in [2.05, 4.69) is 0 Å². The van der Waals surface area contributed by atoms with Crippen LogP contribution in [0.3, 0.4) is 0 Å². The number of hydrogen-bond donors (Lipinski definition) is 0. The first kappa shape index (κ1) is 22.8. The Labute approximate surface area is 201 Å². The monoisotopic (exact) mass is 474 g/mol. The first-order chi connectivity index (χ1) is 17.1. The molecular weight excluding hydrogens is 452 g/mol. The Balaban J connectivity index is 1.44. The van der Waals surface area contributed by atoms with Crippen LogP contribution in [-0.4, -0.2) is 55.2 Å². The zero-order valence-electron chi connectivity index (χ0n) is 18.5. The van der Waals surface area contributed by atoms with Gasteiger partial charge in [-0.15, -0.1) is 0 Å². The van der Waals surface area contributed by atoms with Gasteiger partial charge in [0.25, 0.3) is 0 Å². The molecule has 178 valence electrons. The molecule has 0 N–H and O–H groups in total. The van der Waals surface area contributed by atoms with E-state index in [9.17, 15) is 14.4 Å². The van der Waals surface area contributed by atoms with Gasteiger partial charge in [0.2, 0.25) is 0 Å². The highest BCUT2D eigenvalue weighted by Crippen LogP contribution is 2.35. The van der Waals surface area contributed by atoms with Crippen LogP contribution in [0.5, 0.6) is 0 Å². The second kappa shape index (κ2) is 10.1. The molecule has 3 aromatic carbocycles. The lowest BCUT2D eigenvalue weighted by molar-refractivity contribution is -0.228. The molecule has 0 spiro atoms. The summed E-state index contributed by atoms with van der Waals surface area (Å²) in [7, 11) is 0. The first-order valence-electron chi connectivity index (χ1n) is 11.2. The van der Waals surface area contributed by atoms with Crippen LogP contribution in [-0.2, 0) is 23.7 Å². The molecule has 2 saturated heterocycles. The summed E-state index contributed by atoms with van der Waals surface area (Å²) in [5.41, 5.74) is 0.923. The Morgan fingerprint density at radius 2 is 0.971 bits per heavy atom. The minimum absolute atomic E-state index is 0.0795. The van der Waals surface area contributed by atoms with E-state index in [0.29, 0.717) is 16.7 Å². The van der Waals surface area contributed by atoms with Gasteiger partial charge in [-0.2, -0.15) is 0 Å². The molecule has 2 fully saturated rings. The quantitative estimate of drug-likeness (QED) is 0.396. The Morgan fingerprint density at radius 3 is 1.43 bits per heavy atom. The molecule has 0 saturated carbocycles. The standard InChI is InChI=1S/C27H22O8/c28-24(17-10-4-1-5-11-17)33-21-20-16-31-27(32-20)23(35-26(30)19-14-8-3-9-15-19)22(21)34-25(29)18-12-6-2-7-13-18/h1-15,20-23,27H,16H2/t20-,21+,22-,23-,27+/m1/s1. The molecule has 35 heavy (non-hydrogen) atoms. The predicted molar refractivity (Wildman–Crippen MR) is 122 cm³/mol. The summed E-state index contributed by atoms with van der Waals surface area (Å²) in [5.74, 6) is -1.93. The van der Waals surface area contributed by atoms with E-state index in [1.807, 2.05) is 0 Å². The third-order valence-electron chi connectivity index (χ3n) is 5.77. The van der Waals surface area contributed by atoms with Gasteiger partial charge in [0.1, 0.15) is 6.10 Å². The van der Waals surface area contributed by atoms with Gasteiger partial charge in [0, 0.05) is 0 Å². The maximum atomic E-state index is 13.0. The summed E-state index contributed by atoms with van der Waals surface area (Å²) < 4.78 is 28.8. The van der Waals surface area contributed by atoms with Crippen molar-refractivity contribution in [3.63, 3.8) is 0 Å². The number of ether oxygens (including phenoxy) is 5. The minimum Gasteiger partial charge on any atom is -0.452 e. The minimum atomic E-state index is -1.16. The van der Waals surface area contributed by atoms with Crippen LogP contribution in [0.2, 0.25) is 0 Å². The van der Waals surface area contributed by atoms with Crippen LogP contribution in [0.1, 0.15) is 31.1 Å². The van der Waals surface area contributed by atoms with Crippen molar-refractivity contribution in [3.8, 4) is 0 Å². The van der Waals surface area contributed by atoms with Crippen molar-refractivity contribution in [2.45, 2.75) is 30.7 Å². The Morgan fingerprint density at radius 1 is 0.571 bits per heavy atom. The van der Waals surface area contributed by atoms with E-state index in [1.54, 1.807) is 91.0 Å². The van der Waals surface area contributed by atoms with Crippen LogP contribution < -0.4 is 0 Å². The van der Waals surface area contributed by atoms with Gasteiger partial charge < -0.3 is 23.7 Å². The molecule has 2 bridgehead atoms. The van der Waals surface area contributed by atoms with E-state index >= 15 is 0 Å². The summed E-state index contributed by atoms with van der Waals surface area (Å²) >= 11 is 0. The van der Waals surface area contributed by atoms with Crippen LogP contribution in [0, 0.1) is 0 Å². The second-order valence-electron chi connectivity index (χ2n) is 8.08. The fraction of sp³-hybridized carbons (Fsp3) is 0.222. The third kappa shape index (κ3) is 4.94. The Hall–Kier alpha value is -4.01. The lowest BCUT2D eigenvalue weighted by atomic mass is 9.99. The zero-order valence-corrected chi connectivity index (χ0v) is 18.5. The van der Waals surface area contributed by atoms with Gasteiger partial charge >= 0.3 is 17.9 Å². The molecule has 2 heterocycles. The maximum absolute atomic E-state index is 13.0. The van der Waals surface area contributed by atoms with Crippen molar-refractivity contribution in [2.24, 2.45) is 0 Å². The molecule has 0 amide bonds. The van der Waals surface area contributed by atoms with Crippen LogP contribution in [0.25, 0.3) is 0 Å². The van der Waals surface area contributed by atoms with E-state index in [1.165, 1.54) is 0 Å². The van der Waals surface area contributed by atoms with Crippen LogP contribution in [0.15, 0.2) is 91.0 Å². The largest absolute Gasteiger partial charge is 0.452 e. The average molecular weight is 474 g/mol. The summed E-state index contributed by atoms with van der Waals surface area (Å²) in [6.45, 7) is 0.0795. The SMILES string of the molecule is O=C(O[C@@H]1[C@@H](OC(=O)c2ccccc2)[C@H]2CO[C@@H](O2)[C@@H]1OC(=O)c1ccccc1)c1ccccc1. The average Bonchev–Trinajstić information content (AvgIpc) is 3.35. The maximum Gasteiger partial charge on any atom is 0.338 e. The zero-order chi connectivity index (χ0) is 24.2. The topological polar surface area (TPSA) is 97.4 Å². The van der Waals surface area contributed by atoms with E-state index in [0.717, 1.165) is 0 Å². The van der Waals surface area contributed by atoms with Crippen LogP contribution >= 0.6 is 0 Å². The van der Waals surface area contributed by atoms with Gasteiger partial charge in [-0.05, 0) is 36.4 Å². The second-order valence-corrected chi connectivity index (χ2v) is 8.08. The van der Waals surface area contributed by atoms with Crippen molar-refractivity contribution >= 4 is 17.9 Å². The lowest BCUT2D eigenvalue weighted by Gasteiger charge is -2.39. The molecular formula is C27H22O8. The van der Waals surface area contributed by atoms with Gasteiger partial charge in [0.05, 0.1) is 23.3 Å². The Bertz CT molecular complexity index is 1110. The van der Waals surface area contributed by atoms with Gasteiger partial charge in [-0.25, -0.2) is 14.4 Å². The van der Waals surface area contributed by atoms with Gasteiger partial charge in [-0.1, -0.05) is 54.6 Å².